The zero-order valence-corrected chi connectivity index (χ0v) is 11.8. The van der Waals surface area contributed by atoms with E-state index in [-0.39, 0.29) is 17.5 Å². The van der Waals surface area contributed by atoms with Crippen LogP contribution < -0.4 is 5.73 Å². The van der Waals surface area contributed by atoms with Crippen LogP contribution in [0.4, 0.5) is 0 Å². The Kier molecular flexibility index (Phi) is 4.99. The molecule has 0 amide bonds. The van der Waals surface area contributed by atoms with Crippen molar-refractivity contribution in [3.63, 3.8) is 0 Å². The summed E-state index contributed by atoms with van der Waals surface area (Å²) in [5.41, 5.74) is 5.66. The van der Waals surface area contributed by atoms with Crippen LogP contribution in [-0.2, 0) is 9.53 Å². The van der Waals surface area contributed by atoms with Crippen molar-refractivity contribution >= 4 is 5.97 Å². The van der Waals surface area contributed by atoms with Crippen molar-refractivity contribution in [1.82, 2.24) is 0 Å². The summed E-state index contributed by atoms with van der Waals surface area (Å²) in [7, 11) is 0. The largest absolute Gasteiger partial charge is 0.461 e. The number of ether oxygens (including phenoxy) is 1. The number of nitrogens with two attached hydrogens (primary N) is 1. The lowest BCUT2D eigenvalue weighted by molar-refractivity contribution is -0.151. The lowest BCUT2D eigenvalue weighted by atomic mass is 9.74. The van der Waals surface area contributed by atoms with Gasteiger partial charge in [-0.15, -0.1) is 0 Å². The second-order valence-electron chi connectivity index (χ2n) is 6.27. The fourth-order valence-corrected chi connectivity index (χ4v) is 1.37. The number of rotatable bonds is 5. The molecule has 0 bridgehead atoms. The molecule has 2 N–H and O–H groups in total. The van der Waals surface area contributed by atoms with Crippen LogP contribution in [0.2, 0.25) is 0 Å². The predicted molar refractivity (Wildman–Crippen MR) is 67.1 cm³/mol. The van der Waals surface area contributed by atoms with Crippen molar-refractivity contribution in [3.05, 3.63) is 0 Å². The van der Waals surface area contributed by atoms with Gasteiger partial charge < -0.3 is 10.5 Å². The van der Waals surface area contributed by atoms with Gasteiger partial charge >= 0.3 is 5.97 Å². The number of hydrogen-bond acceptors (Lipinski definition) is 3. The molecule has 0 aromatic heterocycles. The third-order valence-electron chi connectivity index (χ3n) is 3.41. The summed E-state index contributed by atoms with van der Waals surface area (Å²) in [4.78, 5) is 11.1. The van der Waals surface area contributed by atoms with Crippen molar-refractivity contribution < 1.29 is 9.53 Å². The van der Waals surface area contributed by atoms with Gasteiger partial charge in [-0.3, -0.25) is 4.79 Å². The smallest absolute Gasteiger partial charge is 0.302 e. The second kappa shape index (κ2) is 5.17. The minimum Gasteiger partial charge on any atom is -0.461 e. The average Bonchev–Trinajstić information content (AvgIpc) is 1.99. The van der Waals surface area contributed by atoms with Gasteiger partial charge in [0.15, 0.2) is 0 Å². The second-order valence-corrected chi connectivity index (χ2v) is 6.27. The van der Waals surface area contributed by atoms with E-state index in [1.54, 1.807) is 0 Å². The molecule has 0 aliphatic heterocycles. The van der Waals surface area contributed by atoms with E-state index >= 15 is 0 Å². The van der Waals surface area contributed by atoms with Gasteiger partial charge in [-0.25, -0.2) is 0 Å². The Morgan fingerprint density at radius 1 is 1.25 bits per heavy atom. The van der Waals surface area contributed by atoms with Gasteiger partial charge in [-0.05, 0) is 31.6 Å². The molecule has 0 radical (unpaired) electrons. The lowest BCUT2D eigenvalue weighted by Crippen LogP contribution is -2.49. The first-order valence-electron chi connectivity index (χ1n) is 5.93. The standard InChI is InChI=1S/C13H27NO2/c1-9(2)12(4,5)8-11(13(6,7)14)16-10(3)15/h9,11H,8,14H2,1-7H3. The van der Waals surface area contributed by atoms with Crippen LogP contribution in [0.15, 0.2) is 0 Å². The first-order chi connectivity index (χ1) is 6.97. The number of hydrogen-bond donors (Lipinski definition) is 1. The summed E-state index contributed by atoms with van der Waals surface area (Å²) in [6, 6.07) is 0. The normalized spacial score (nSPS) is 15.1. The van der Waals surface area contributed by atoms with Crippen LogP contribution >= 0.6 is 0 Å². The van der Waals surface area contributed by atoms with E-state index in [9.17, 15) is 4.79 Å². The van der Waals surface area contributed by atoms with E-state index in [1.165, 1.54) is 6.92 Å². The summed E-state index contributed by atoms with van der Waals surface area (Å²) in [5.74, 6) is 0.260. The number of carbonyl (C=O) groups is 1. The molecule has 3 heteroatoms. The molecule has 0 fully saturated rings. The molecule has 0 rings (SSSR count). The van der Waals surface area contributed by atoms with Crippen molar-refractivity contribution in [2.45, 2.75) is 66.5 Å². The van der Waals surface area contributed by atoms with Gasteiger partial charge in [0.05, 0.1) is 0 Å². The fourth-order valence-electron chi connectivity index (χ4n) is 1.37. The Morgan fingerprint density at radius 2 is 1.69 bits per heavy atom. The van der Waals surface area contributed by atoms with E-state index in [1.807, 2.05) is 13.8 Å². The molecule has 16 heavy (non-hydrogen) atoms. The SMILES string of the molecule is CC(=O)OC(CC(C)(C)C(C)C)C(C)(C)N. The summed E-state index contributed by atoms with van der Waals surface area (Å²) in [6.45, 7) is 13.9. The molecule has 0 aliphatic carbocycles. The minimum atomic E-state index is -0.502. The Morgan fingerprint density at radius 3 is 1.94 bits per heavy atom. The van der Waals surface area contributed by atoms with Gasteiger partial charge in [0.2, 0.25) is 0 Å². The first-order valence-corrected chi connectivity index (χ1v) is 5.93. The maximum Gasteiger partial charge on any atom is 0.302 e. The monoisotopic (exact) mass is 229 g/mol. The third-order valence-corrected chi connectivity index (χ3v) is 3.41. The maximum absolute atomic E-state index is 11.1. The van der Waals surface area contributed by atoms with Gasteiger partial charge in [-0.1, -0.05) is 27.7 Å². The maximum atomic E-state index is 11.1. The Labute approximate surface area is 99.7 Å². The Bertz CT molecular complexity index is 239. The van der Waals surface area contributed by atoms with Gasteiger partial charge in [-0.2, -0.15) is 0 Å². The number of esters is 1. The van der Waals surface area contributed by atoms with E-state index < -0.39 is 5.54 Å². The van der Waals surface area contributed by atoms with Crippen molar-refractivity contribution in [2.24, 2.45) is 17.1 Å². The summed E-state index contributed by atoms with van der Waals surface area (Å²) in [6.07, 6.45) is 0.552. The first kappa shape index (κ1) is 15.4. The highest BCUT2D eigenvalue weighted by Crippen LogP contribution is 2.34. The van der Waals surface area contributed by atoms with Crippen LogP contribution in [0.3, 0.4) is 0 Å². The molecule has 1 atom stereocenters. The summed E-state index contributed by atoms with van der Waals surface area (Å²) in [5, 5.41) is 0. The number of carbonyl (C=O) groups excluding carboxylic acids is 1. The molecule has 1 unspecified atom stereocenters. The predicted octanol–water partition coefficient (Wildman–Crippen LogP) is 2.73. The van der Waals surface area contributed by atoms with E-state index in [2.05, 4.69) is 27.7 Å². The fraction of sp³-hybridized carbons (Fsp3) is 0.923. The Hall–Kier alpha value is -0.570. The van der Waals surface area contributed by atoms with Crippen molar-refractivity contribution in [1.29, 1.82) is 0 Å². The highest BCUT2D eigenvalue weighted by atomic mass is 16.5. The molecule has 0 aromatic carbocycles. The van der Waals surface area contributed by atoms with Crippen LogP contribution in [0.5, 0.6) is 0 Å². The molecular formula is C13H27NO2. The van der Waals surface area contributed by atoms with Gasteiger partial charge in [0.1, 0.15) is 6.10 Å². The quantitative estimate of drug-likeness (QED) is 0.737. The van der Waals surface area contributed by atoms with Gasteiger partial charge in [0, 0.05) is 12.5 Å². The molecule has 0 aliphatic rings. The zero-order chi connectivity index (χ0) is 13.1. The summed E-state index contributed by atoms with van der Waals surface area (Å²) >= 11 is 0. The molecule has 96 valence electrons. The van der Waals surface area contributed by atoms with Crippen LogP contribution in [0, 0.1) is 11.3 Å². The molecular weight excluding hydrogens is 202 g/mol. The van der Waals surface area contributed by atoms with E-state index in [0.29, 0.717) is 5.92 Å². The minimum absolute atomic E-state index is 0.108. The van der Waals surface area contributed by atoms with Gasteiger partial charge in [0.25, 0.3) is 0 Å². The van der Waals surface area contributed by atoms with Crippen LogP contribution in [0.1, 0.15) is 54.9 Å². The lowest BCUT2D eigenvalue weighted by Gasteiger charge is -2.38. The molecule has 0 saturated carbocycles. The zero-order valence-electron chi connectivity index (χ0n) is 11.8. The third kappa shape index (κ3) is 4.97. The Balaban J connectivity index is 4.74. The highest BCUT2D eigenvalue weighted by molar-refractivity contribution is 5.66. The highest BCUT2D eigenvalue weighted by Gasteiger charge is 2.35. The molecule has 0 heterocycles. The van der Waals surface area contributed by atoms with Crippen molar-refractivity contribution in [3.8, 4) is 0 Å². The molecule has 0 spiro atoms. The van der Waals surface area contributed by atoms with E-state index in [4.69, 9.17) is 10.5 Å². The van der Waals surface area contributed by atoms with Crippen molar-refractivity contribution in [2.75, 3.05) is 0 Å². The van der Waals surface area contributed by atoms with E-state index in [0.717, 1.165) is 6.42 Å². The summed E-state index contributed by atoms with van der Waals surface area (Å²) < 4.78 is 5.34. The molecule has 0 saturated heterocycles. The average molecular weight is 229 g/mol. The molecule has 3 nitrogen and oxygen atoms in total. The molecule has 0 aromatic rings. The van der Waals surface area contributed by atoms with Crippen LogP contribution in [0.25, 0.3) is 0 Å². The topological polar surface area (TPSA) is 52.3 Å². The van der Waals surface area contributed by atoms with Crippen LogP contribution in [-0.4, -0.2) is 17.6 Å².